The topological polar surface area (TPSA) is 57.5 Å². The van der Waals surface area contributed by atoms with Gasteiger partial charge in [0.05, 0.1) is 0 Å². The van der Waals surface area contributed by atoms with E-state index in [1.54, 1.807) is 0 Å². The van der Waals surface area contributed by atoms with Gasteiger partial charge in [-0.05, 0) is 6.42 Å². The molecule has 1 atom stereocenters. The first-order valence-electron chi connectivity index (χ1n) is 13.1. The van der Waals surface area contributed by atoms with Gasteiger partial charge < -0.3 is 10.2 Å². The van der Waals surface area contributed by atoms with Crippen molar-refractivity contribution in [3.05, 3.63) is 0 Å². The number of carbonyl (C=O) groups is 1. The molecule has 2 N–H and O–H groups in total. The van der Waals surface area contributed by atoms with Crippen LogP contribution in [0.4, 0.5) is 0 Å². The van der Waals surface area contributed by atoms with Crippen molar-refractivity contribution in [2.45, 2.75) is 161 Å². The van der Waals surface area contributed by atoms with Gasteiger partial charge in [-0.15, -0.1) is 0 Å². The van der Waals surface area contributed by atoms with Crippen LogP contribution in [0, 0.1) is 0 Å². The fourth-order valence-electron chi connectivity index (χ4n) is 4.07. The van der Waals surface area contributed by atoms with Crippen LogP contribution < -0.4 is 0 Å². The summed E-state index contributed by atoms with van der Waals surface area (Å²) in [4.78, 5) is 10.5. The molecule has 0 aliphatic carbocycles. The third-order valence-corrected chi connectivity index (χ3v) is 6.12. The molecule has 0 saturated carbocycles. The van der Waals surface area contributed by atoms with Gasteiger partial charge in [0, 0.05) is 0 Å². The summed E-state index contributed by atoms with van der Waals surface area (Å²) in [5.74, 6) is -1.09. The number of aliphatic carboxylic acids is 1. The van der Waals surface area contributed by atoms with Crippen molar-refractivity contribution in [2.75, 3.05) is 0 Å². The van der Waals surface area contributed by atoms with E-state index in [1.807, 2.05) is 0 Å². The van der Waals surface area contributed by atoms with Crippen molar-refractivity contribution in [3.8, 4) is 0 Å². The van der Waals surface area contributed by atoms with Gasteiger partial charge in [-0.1, -0.05) is 148 Å². The normalized spacial score (nSPS) is 12.3. The molecule has 29 heavy (non-hydrogen) atoms. The summed E-state index contributed by atoms with van der Waals surface area (Å²) in [6.45, 7) is 2.29. The fraction of sp³-hybridized carbons (Fsp3) is 0.962. The maximum Gasteiger partial charge on any atom is 0.332 e. The fourth-order valence-corrected chi connectivity index (χ4v) is 4.07. The molecule has 0 aliphatic heterocycles. The summed E-state index contributed by atoms with van der Waals surface area (Å²) in [7, 11) is 0. The molecule has 3 nitrogen and oxygen atoms in total. The molecule has 0 spiro atoms. The molecule has 0 bridgehead atoms. The number of carboxylic acids is 1. The predicted molar refractivity (Wildman–Crippen MR) is 126 cm³/mol. The minimum absolute atomic E-state index is 0.397. The minimum atomic E-state index is -1.17. The Labute approximate surface area is 182 Å². The molecule has 0 aromatic carbocycles. The highest BCUT2D eigenvalue weighted by Crippen LogP contribution is 2.15. The third kappa shape index (κ3) is 23.6. The molecular formula is C26H52O3. The van der Waals surface area contributed by atoms with Crippen LogP contribution in [0.3, 0.4) is 0 Å². The van der Waals surface area contributed by atoms with Crippen molar-refractivity contribution in [1.82, 2.24) is 0 Å². The molecule has 0 rings (SSSR count). The number of carboxylic acid groups (broad SMARTS) is 1. The molecule has 0 aromatic heterocycles. The Morgan fingerprint density at radius 2 is 0.759 bits per heavy atom. The second-order valence-corrected chi connectivity index (χ2v) is 9.07. The van der Waals surface area contributed by atoms with E-state index in [4.69, 9.17) is 5.11 Å². The van der Waals surface area contributed by atoms with Crippen LogP contribution in [0.2, 0.25) is 0 Å². The molecule has 3 heteroatoms. The van der Waals surface area contributed by atoms with Crippen molar-refractivity contribution in [3.63, 3.8) is 0 Å². The summed E-state index contributed by atoms with van der Waals surface area (Å²) in [6, 6.07) is 0. The van der Waals surface area contributed by atoms with Gasteiger partial charge in [-0.25, -0.2) is 4.79 Å². The average molecular weight is 413 g/mol. The second kappa shape index (κ2) is 23.7. The first-order chi connectivity index (χ1) is 14.2. The zero-order valence-corrected chi connectivity index (χ0v) is 19.6. The molecule has 1 unspecified atom stereocenters. The summed E-state index contributed by atoms with van der Waals surface area (Å²) < 4.78 is 0. The van der Waals surface area contributed by atoms with Crippen LogP contribution >= 0.6 is 0 Å². The zero-order chi connectivity index (χ0) is 21.4. The Kier molecular flexibility index (Phi) is 23.2. The Morgan fingerprint density at radius 3 is 1.00 bits per heavy atom. The molecule has 0 radical (unpaired) electrons. The SMILES string of the molecule is CCCCCCCCCCCCCCCCCCCCCCCCC(O)C(=O)O. The lowest BCUT2D eigenvalue weighted by Gasteiger charge is -2.05. The molecule has 0 fully saturated rings. The van der Waals surface area contributed by atoms with Crippen LogP contribution in [0.25, 0.3) is 0 Å². The number of rotatable bonds is 24. The number of aliphatic hydroxyl groups is 1. The van der Waals surface area contributed by atoms with Crippen LogP contribution in [-0.4, -0.2) is 22.3 Å². The summed E-state index contributed by atoms with van der Waals surface area (Å²) >= 11 is 0. The average Bonchev–Trinajstić information content (AvgIpc) is 2.71. The molecular weight excluding hydrogens is 360 g/mol. The van der Waals surface area contributed by atoms with Crippen LogP contribution in [0.15, 0.2) is 0 Å². The second-order valence-electron chi connectivity index (χ2n) is 9.07. The molecule has 0 heterocycles. The van der Waals surface area contributed by atoms with E-state index in [2.05, 4.69) is 6.92 Å². The van der Waals surface area contributed by atoms with E-state index in [1.165, 1.54) is 128 Å². The van der Waals surface area contributed by atoms with E-state index in [0.717, 1.165) is 12.8 Å². The number of hydrogen-bond acceptors (Lipinski definition) is 2. The number of unbranched alkanes of at least 4 members (excludes halogenated alkanes) is 21. The Hall–Kier alpha value is -0.570. The van der Waals surface area contributed by atoms with Gasteiger partial charge >= 0.3 is 5.97 Å². The molecule has 0 aromatic rings. The first kappa shape index (κ1) is 28.4. The largest absolute Gasteiger partial charge is 0.479 e. The van der Waals surface area contributed by atoms with Crippen molar-refractivity contribution in [1.29, 1.82) is 0 Å². The highest BCUT2D eigenvalue weighted by molar-refractivity contribution is 5.71. The smallest absolute Gasteiger partial charge is 0.332 e. The Balaban J connectivity index is 3.04. The maximum absolute atomic E-state index is 10.5. The minimum Gasteiger partial charge on any atom is -0.479 e. The van der Waals surface area contributed by atoms with Crippen molar-refractivity contribution in [2.24, 2.45) is 0 Å². The zero-order valence-electron chi connectivity index (χ0n) is 19.6. The molecule has 174 valence electrons. The van der Waals surface area contributed by atoms with E-state index in [9.17, 15) is 9.90 Å². The van der Waals surface area contributed by atoms with Crippen molar-refractivity contribution >= 4 is 5.97 Å². The Bertz CT molecular complexity index is 330. The van der Waals surface area contributed by atoms with E-state index >= 15 is 0 Å². The highest BCUT2D eigenvalue weighted by Gasteiger charge is 2.11. The first-order valence-corrected chi connectivity index (χ1v) is 13.1. The number of hydrogen-bond donors (Lipinski definition) is 2. The van der Waals surface area contributed by atoms with Gasteiger partial charge in [-0.2, -0.15) is 0 Å². The molecule has 0 amide bonds. The van der Waals surface area contributed by atoms with Crippen molar-refractivity contribution < 1.29 is 15.0 Å². The highest BCUT2D eigenvalue weighted by atomic mass is 16.4. The summed E-state index contributed by atoms with van der Waals surface area (Å²) in [6.07, 6.45) is 29.0. The monoisotopic (exact) mass is 412 g/mol. The number of aliphatic hydroxyl groups excluding tert-OH is 1. The van der Waals surface area contributed by atoms with Gasteiger partial charge in [0.15, 0.2) is 6.10 Å². The molecule has 0 aliphatic rings. The van der Waals surface area contributed by atoms with Crippen LogP contribution in [0.1, 0.15) is 155 Å². The van der Waals surface area contributed by atoms with Crippen LogP contribution in [-0.2, 0) is 4.79 Å². The quantitative estimate of drug-likeness (QED) is 0.156. The lowest BCUT2D eigenvalue weighted by molar-refractivity contribution is -0.146. The summed E-state index contributed by atoms with van der Waals surface area (Å²) in [5.41, 5.74) is 0. The van der Waals surface area contributed by atoms with E-state index < -0.39 is 12.1 Å². The van der Waals surface area contributed by atoms with Gasteiger partial charge in [0.1, 0.15) is 0 Å². The van der Waals surface area contributed by atoms with Crippen LogP contribution in [0.5, 0.6) is 0 Å². The Morgan fingerprint density at radius 1 is 0.517 bits per heavy atom. The summed E-state index contributed by atoms with van der Waals surface area (Å²) in [5, 5.41) is 17.8. The maximum atomic E-state index is 10.5. The standard InChI is InChI=1S/C26H52O3/c1-2-3-4-5-6-7-8-9-10-11-12-13-14-15-16-17-18-19-20-21-22-23-24-25(27)26(28)29/h25,27H,2-24H2,1H3,(H,28,29). The van der Waals surface area contributed by atoms with E-state index in [-0.39, 0.29) is 0 Å². The lowest BCUT2D eigenvalue weighted by Crippen LogP contribution is -2.18. The van der Waals surface area contributed by atoms with Gasteiger partial charge in [0.25, 0.3) is 0 Å². The van der Waals surface area contributed by atoms with Gasteiger partial charge in [0.2, 0.25) is 0 Å². The lowest BCUT2D eigenvalue weighted by atomic mass is 10.0. The predicted octanol–water partition coefficient (Wildman–Crippen LogP) is 8.42. The van der Waals surface area contributed by atoms with E-state index in [0.29, 0.717) is 6.42 Å². The third-order valence-electron chi connectivity index (χ3n) is 6.12. The molecule has 0 saturated heterocycles. The van der Waals surface area contributed by atoms with Gasteiger partial charge in [-0.3, -0.25) is 0 Å².